The number of rotatable bonds is 9. The molecule has 0 atom stereocenters. The van der Waals surface area contributed by atoms with Crippen LogP contribution in [0.15, 0.2) is 93.9 Å². The number of hydrazone groups is 1. The largest absolute Gasteiger partial charge is 0.309 e. The maximum atomic E-state index is 13.7. The predicted octanol–water partition coefficient (Wildman–Crippen LogP) is 5.38. The summed E-state index contributed by atoms with van der Waals surface area (Å²) in [6, 6.07) is 22.2. The third kappa shape index (κ3) is 4.89. The van der Waals surface area contributed by atoms with E-state index in [1.807, 2.05) is 54.6 Å². The first kappa shape index (κ1) is 27.5. The lowest BCUT2D eigenvalue weighted by atomic mass is 10.1. The van der Waals surface area contributed by atoms with Crippen molar-refractivity contribution in [2.45, 2.75) is 36.5 Å². The van der Waals surface area contributed by atoms with Crippen molar-refractivity contribution in [3.05, 3.63) is 90.3 Å². The number of nitrogens with zero attached hydrogens (tertiary/aromatic N) is 2. The molecule has 206 valence electrons. The summed E-state index contributed by atoms with van der Waals surface area (Å²) in [6.07, 6.45) is 3.56. The van der Waals surface area contributed by atoms with Gasteiger partial charge in [-0.1, -0.05) is 80.6 Å². The van der Waals surface area contributed by atoms with Gasteiger partial charge in [0, 0.05) is 17.1 Å². The molecule has 0 unspecified atom stereocenters. The van der Waals surface area contributed by atoms with Crippen molar-refractivity contribution >= 4 is 58.9 Å². The monoisotopic (exact) mass is 575 g/mol. The molecule has 0 fully saturated rings. The molecule has 0 radical (unpaired) electrons. The van der Waals surface area contributed by atoms with Crippen LogP contribution in [0, 0.1) is 0 Å². The van der Waals surface area contributed by atoms with Crippen LogP contribution in [0.4, 0.5) is 0 Å². The van der Waals surface area contributed by atoms with Crippen molar-refractivity contribution in [1.82, 2.24) is 9.83 Å². The van der Waals surface area contributed by atoms with Gasteiger partial charge < -0.3 is 4.40 Å². The van der Waals surface area contributed by atoms with Crippen LogP contribution in [0.5, 0.6) is 0 Å². The Hall–Kier alpha value is -4.02. The van der Waals surface area contributed by atoms with Crippen molar-refractivity contribution < 1.29 is 21.6 Å². The number of aromatic nitrogens is 1. The number of carbonyl (C=O) groups is 1. The topological polar surface area (TPSA) is 114 Å². The summed E-state index contributed by atoms with van der Waals surface area (Å²) >= 11 is 0. The van der Waals surface area contributed by atoms with E-state index in [9.17, 15) is 21.6 Å². The van der Waals surface area contributed by atoms with Gasteiger partial charge >= 0.3 is 0 Å². The molecule has 2 aromatic heterocycles. The van der Waals surface area contributed by atoms with Crippen LogP contribution in [-0.4, -0.2) is 44.9 Å². The molecule has 0 saturated heterocycles. The molecule has 1 N–H and O–H groups in total. The molecule has 0 saturated carbocycles. The van der Waals surface area contributed by atoms with E-state index in [4.69, 9.17) is 0 Å². The SMILES string of the molecule is CCCS(=O)(=O)c1c(S(=O)(=O)CCC)c2c3ccccc3ccn2c1C(=O)N/N=C/c1cccc2ccccc12. The fourth-order valence-corrected chi connectivity index (χ4v) is 9.06. The van der Waals surface area contributed by atoms with Gasteiger partial charge in [-0.25, -0.2) is 22.3 Å². The van der Waals surface area contributed by atoms with Crippen molar-refractivity contribution in [2.75, 3.05) is 11.5 Å². The molecule has 0 bridgehead atoms. The zero-order valence-electron chi connectivity index (χ0n) is 22.2. The van der Waals surface area contributed by atoms with Gasteiger partial charge in [0.05, 0.1) is 23.2 Å². The molecular weight excluding hydrogens is 546 g/mol. The van der Waals surface area contributed by atoms with Gasteiger partial charge in [0.1, 0.15) is 15.5 Å². The Morgan fingerprint density at radius 1 is 0.775 bits per heavy atom. The fraction of sp³-hybridized carbons (Fsp3) is 0.200. The fourth-order valence-electron chi connectivity index (χ4n) is 5.07. The number of carbonyl (C=O) groups excluding carboxylic acids is 1. The maximum absolute atomic E-state index is 13.7. The first-order chi connectivity index (χ1) is 19.2. The van der Waals surface area contributed by atoms with Crippen LogP contribution in [-0.2, 0) is 19.7 Å². The smallest absolute Gasteiger partial charge is 0.289 e. The summed E-state index contributed by atoms with van der Waals surface area (Å²) in [6.45, 7) is 3.40. The first-order valence-electron chi connectivity index (χ1n) is 13.0. The number of hydrogen-bond donors (Lipinski definition) is 1. The van der Waals surface area contributed by atoms with Crippen molar-refractivity contribution in [3.8, 4) is 0 Å². The van der Waals surface area contributed by atoms with Crippen LogP contribution in [0.2, 0.25) is 0 Å². The molecule has 1 amide bonds. The minimum Gasteiger partial charge on any atom is -0.309 e. The Bertz CT molecular complexity index is 2000. The second kappa shape index (κ2) is 10.9. The normalized spacial score (nSPS) is 12.6. The van der Waals surface area contributed by atoms with Crippen LogP contribution in [0.3, 0.4) is 0 Å². The van der Waals surface area contributed by atoms with E-state index >= 15 is 0 Å². The van der Waals surface area contributed by atoms with Gasteiger partial charge in [-0.2, -0.15) is 5.10 Å². The number of amides is 1. The van der Waals surface area contributed by atoms with Crippen molar-refractivity contribution in [3.63, 3.8) is 0 Å². The average molecular weight is 576 g/mol. The van der Waals surface area contributed by atoms with Gasteiger partial charge in [-0.05, 0) is 35.1 Å². The van der Waals surface area contributed by atoms with Gasteiger partial charge in [-0.15, -0.1) is 0 Å². The Labute approximate surface area is 233 Å². The summed E-state index contributed by atoms with van der Waals surface area (Å²) in [5.41, 5.74) is 3.10. The first-order valence-corrected chi connectivity index (χ1v) is 16.3. The van der Waals surface area contributed by atoms with Crippen LogP contribution in [0.1, 0.15) is 42.7 Å². The molecule has 5 rings (SSSR count). The zero-order chi connectivity index (χ0) is 28.5. The van der Waals surface area contributed by atoms with E-state index in [1.54, 1.807) is 32.0 Å². The number of pyridine rings is 1. The molecule has 2 heterocycles. The lowest BCUT2D eigenvalue weighted by molar-refractivity contribution is 0.0945. The third-order valence-electron chi connectivity index (χ3n) is 6.71. The molecule has 5 aromatic rings. The molecule has 0 aliphatic heterocycles. The van der Waals surface area contributed by atoms with Crippen LogP contribution >= 0.6 is 0 Å². The number of benzene rings is 3. The minimum absolute atomic E-state index is 0.171. The number of sulfone groups is 2. The van der Waals surface area contributed by atoms with Gasteiger partial charge in [0.2, 0.25) is 0 Å². The zero-order valence-corrected chi connectivity index (χ0v) is 23.8. The van der Waals surface area contributed by atoms with Crippen molar-refractivity contribution in [2.24, 2.45) is 5.10 Å². The highest BCUT2D eigenvalue weighted by Crippen LogP contribution is 2.37. The standard InChI is InChI=1S/C30H29N3O5S2/c1-3-18-39(35,36)28-26-25-15-8-6-11-22(25)16-17-33(26)27(29(28)40(37,38)19-4-2)30(34)32-31-20-23-13-9-12-21-10-5-7-14-24(21)23/h5-17,20H,3-4,18-19H2,1-2H3,(H,32,34)/b31-20+. The molecule has 3 aromatic carbocycles. The quantitative estimate of drug-likeness (QED) is 0.187. The summed E-state index contributed by atoms with van der Waals surface area (Å²) in [5, 5.41) is 7.32. The van der Waals surface area contributed by atoms with E-state index in [-0.39, 0.29) is 40.5 Å². The Morgan fingerprint density at radius 2 is 1.35 bits per heavy atom. The van der Waals surface area contributed by atoms with E-state index in [0.29, 0.717) is 5.39 Å². The maximum Gasteiger partial charge on any atom is 0.289 e. The predicted molar refractivity (Wildman–Crippen MR) is 159 cm³/mol. The van der Waals surface area contributed by atoms with Gasteiger partial charge in [0.25, 0.3) is 5.91 Å². The van der Waals surface area contributed by atoms with Crippen molar-refractivity contribution in [1.29, 1.82) is 0 Å². The summed E-state index contributed by atoms with van der Waals surface area (Å²) in [7, 11) is -8.25. The summed E-state index contributed by atoms with van der Waals surface area (Å²) in [5.74, 6) is -1.39. The lowest BCUT2D eigenvalue weighted by Crippen LogP contribution is -2.23. The summed E-state index contributed by atoms with van der Waals surface area (Å²) < 4.78 is 56.1. The van der Waals surface area contributed by atoms with Gasteiger partial charge in [-0.3, -0.25) is 4.79 Å². The highest BCUT2D eigenvalue weighted by atomic mass is 32.2. The van der Waals surface area contributed by atoms with E-state index in [1.165, 1.54) is 16.8 Å². The van der Waals surface area contributed by atoms with Gasteiger partial charge in [0.15, 0.2) is 19.7 Å². The highest BCUT2D eigenvalue weighted by molar-refractivity contribution is 7.94. The lowest BCUT2D eigenvalue weighted by Gasteiger charge is -2.09. The molecular formula is C30H29N3O5S2. The van der Waals surface area contributed by atoms with Crippen LogP contribution < -0.4 is 5.43 Å². The average Bonchev–Trinajstić information content (AvgIpc) is 3.31. The molecule has 8 nitrogen and oxygen atoms in total. The number of nitrogens with one attached hydrogen (secondary N) is 1. The molecule has 0 aliphatic rings. The second-order valence-corrected chi connectivity index (χ2v) is 13.6. The van der Waals surface area contributed by atoms with Crippen LogP contribution in [0.25, 0.3) is 27.1 Å². The number of hydrogen-bond acceptors (Lipinski definition) is 6. The molecule has 0 spiro atoms. The Kier molecular flexibility index (Phi) is 7.48. The Balaban J connectivity index is 1.74. The molecule has 0 aliphatic carbocycles. The summed E-state index contributed by atoms with van der Waals surface area (Å²) in [4.78, 5) is 12.9. The van der Waals surface area contributed by atoms with E-state index < -0.39 is 30.5 Å². The number of fused-ring (bicyclic) bond motifs is 4. The molecule has 40 heavy (non-hydrogen) atoms. The second-order valence-electron chi connectivity index (χ2n) is 9.53. The minimum atomic E-state index is -4.17. The van der Waals surface area contributed by atoms with E-state index in [2.05, 4.69) is 10.5 Å². The third-order valence-corrected chi connectivity index (χ3v) is 10.8. The Morgan fingerprint density at radius 3 is 2.02 bits per heavy atom. The van der Waals surface area contributed by atoms with E-state index in [0.717, 1.165) is 21.7 Å². The highest BCUT2D eigenvalue weighted by Gasteiger charge is 2.37. The molecule has 10 heteroatoms.